The Balaban J connectivity index is 1.71. The summed E-state index contributed by atoms with van der Waals surface area (Å²) in [6.07, 6.45) is 8.15. The van der Waals surface area contributed by atoms with Crippen LogP contribution in [0.5, 0.6) is 0 Å². The van der Waals surface area contributed by atoms with E-state index >= 15 is 0 Å². The second-order valence-electron chi connectivity index (χ2n) is 7.20. The van der Waals surface area contributed by atoms with Crippen LogP contribution in [-0.4, -0.2) is 61.2 Å². The summed E-state index contributed by atoms with van der Waals surface area (Å²) in [5.74, 6) is 0.954. The second-order valence-corrected chi connectivity index (χ2v) is 7.20. The van der Waals surface area contributed by atoms with E-state index in [0.29, 0.717) is 12.1 Å². The molecule has 124 valence electrons. The molecule has 1 N–H and O–H groups in total. The fourth-order valence-electron chi connectivity index (χ4n) is 4.11. The number of nitrogens with one attached hydrogen (secondary N) is 1. The van der Waals surface area contributed by atoms with Crippen LogP contribution >= 0.6 is 0 Å². The van der Waals surface area contributed by atoms with Gasteiger partial charge in [-0.1, -0.05) is 13.8 Å². The third-order valence-corrected chi connectivity index (χ3v) is 5.62. The number of rotatable bonds is 8. The van der Waals surface area contributed by atoms with Gasteiger partial charge in [0, 0.05) is 18.6 Å². The number of nitrogens with zero attached hydrogens (tertiary/aromatic N) is 2. The van der Waals surface area contributed by atoms with E-state index in [0.717, 1.165) is 12.5 Å². The van der Waals surface area contributed by atoms with Gasteiger partial charge < -0.3 is 10.2 Å². The fourth-order valence-corrected chi connectivity index (χ4v) is 4.11. The normalized spacial score (nSPS) is 25.3. The van der Waals surface area contributed by atoms with Crippen LogP contribution in [0.2, 0.25) is 0 Å². The molecule has 0 aliphatic carbocycles. The highest BCUT2D eigenvalue weighted by atomic mass is 15.2. The van der Waals surface area contributed by atoms with Crippen molar-refractivity contribution in [2.75, 3.05) is 39.3 Å². The highest BCUT2D eigenvalue weighted by Crippen LogP contribution is 2.23. The SMILES string of the molecule is CCCNC(CC)C(C)N1CCC(CN2CCCC2)CC1. The molecule has 2 unspecified atom stereocenters. The molecule has 2 heterocycles. The van der Waals surface area contributed by atoms with E-state index in [-0.39, 0.29) is 0 Å². The average Bonchev–Trinajstić information content (AvgIpc) is 3.01. The van der Waals surface area contributed by atoms with E-state index in [1.165, 1.54) is 71.2 Å². The van der Waals surface area contributed by atoms with E-state index in [9.17, 15) is 0 Å². The van der Waals surface area contributed by atoms with Crippen molar-refractivity contribution in [2.24, 2.45) is 5.92 Å². The van der Waals surface area contributed by atoms with Crippen LogP contribution in [0.3, 0.4) is 0 Å². The van der Waals surface area contributed by atoms with E-state index in [1.807, 2.05) is 0 Å². The van der Waals surface area contributed by atoms with Gasteiger partial charge in [-0.25, -0.2) is 0 Å². The van der Waals surface area contributed by atoms with Crippen molar-refractivity contribution in [3.8, 4) is 0 Å². The topological polar surface area (TPSA) is 18.5 Å². The lowest BCUT2D eigenvalue weighted by Crippen LogP contribution is -2.51. The van der Waals surface area contributed by atoms with Crippen molar-refractivity contribution in [2.45, 2.75) is 71.4 Å². The lowest BCUT2D eigenvalue weighted by molar-refractivity contribution is 0.101. The monoisotopic (exact) mass is 295 g/mol. The number of hydrogen-bond acceptors (Lipinski definition) is 3. The molecule has 0 spiro atoms. The summed E-state index contributed by atoms with van der Waals surface area (Å²) < 4.78 is 0. The predicted molar refractivity (Wildman–Crippen MR) is 91.8 cm³/mol. The van der Waals surface area contributed by atoms with Crippen molar-refractivity contribution in [3.63, 3.8) is 0 Å². The van der Waals surface area contributed by atoms with E-state index < -0.39 is 0 Å². The molecule has 0 amide bonds. The molecule has 2 rings (SSSR count). The maximum Gasteiger partial charge on any atom is 0.0220 e. The third kappa shape index (κ3) is 5.22. The lowest BCUT2D eigenvalue weighted by atomic mass is 9.93. The molecule has 0 saturated carbocycles. The molecule has 2 saturated heterocycles. The quantitative estimate of drug-likeness (QED) is 0.743. The molecule has 2 aliphatic heterocycles. The Morgan fingerprint density at radius 1 is 1.05 bits per heavy atom. The molecule has 0 radical (unpaired) electrons. The zero-order chi connectivity index (χ0) is 15.1. The van der Waals surface area contributed by atoms with Crippen LogP contribution in [0.1, 0.15) is 59.3 Å². The Morgan fingerprint density at radius 2 is 1.71 bits per heavy atom. The van der Waals surface area contributed by atoms with Gasteiger partial charge in [0.1, 0.15) is 0 Å². The zero-order valence-corrected chi connectivity index (χ0v) is 14.6. The summed E-state index contributed by atoms with van der Waals surface area (Å²) in [5.41, 5.74) is 0. The number of hydrogen-bond donors (Lipinski definition) is 1. The van der Waals surface area contributed by atoms with Gasteiger partial charge in [-0.05, 0) is 84.1 Å². The molecule has 3 heteroatoms. The Morgan fingerprint density at radius 3 is 2.29 bits per heavy atom. The molecule has 21 heavy (non-hydrogen) atoms. The third-order valence-electron chi connectivity index (χ3n) is 5.62. The first-order chi connectivity index (χ1) is 10.2. The van der Waals surface area contributed by atoms with Crippen LogP contribution < -0.4 is 5.32 Å². The molecule has 0 aromatic rings. The predicted octanol–water partition coefficient (Wildman–Crippen LogP) is 2.96. The van der Waals surface area contributed by atoms with Crippen LogP contribution in [0.4, 0.5) is 0 Å². The van der Waals surface area contributed by atoms with Gasteiger partial charge in [-0.15, -0.1) is 0 Å². The smallest absolute Gasteiger partial charge is 0.0220 e. The van der Waals surface area contributed by atoms with Crippen molar-refractivity contribution in [1.82, 2.24) is 15.1 Å². The molecule has 0 bridgehead atoms. The first kappa shape index (κ1) is 17.2. The summed E-state index contributed by atoms with van der Waals surface area (Å²) in [7, 11) is 0. The molecular formula is C18H37N3. The van der Waals surface area contributed by atoms with Gasteiger partial charge in [-0.2, -0.15) is 0 Å². The van der Waals surface area contributed by atoms with Crippen LogP contribution in [0.25, 0.3) is 0 Å². The first-order valence-corrected chi connectivity index (χ1v) is 9.44. The zero-order valence-electron chi connectivity index (χ0n) is 14.6. The maximum absolute atomic E-state index is 3.74. The van der Waals surface area contributed by atoms with Crippen molar-refractivity contribution in [3.05, 3.63) is 0 Å². The lowest BCUT2D eigenvalue weighted by Gasteiger charge is -2.40. The van der Waals surface area contributed by atoms with Gasteiger partial charge in [0.25, 0.3) is 0 Å². The Bertz CT molecular complexity index is 268. The van der Waals surface area contributed by atoms with Crippen molar-refractivity contribution >= 4 is 0 Å². The van der Waals surface area contributed by atoms with Gasteiger partial charge in [0.15, 0.2) is 0 Å². The Kier molecular flexibility index (Phi) is 7.48. The summed E-state index contributed by atoms with van der Waals surface area (Å²) in [6.45, 7) is 14.9. The number of likely N-dealkylation sites (tertiary alicyclic amines) is 2. The minimum atomic E-state index is 0.667. The highest BCUT2D eigenvalue weighted by Gasteiger charge is 2.27. The largest absolute Gasteiger partial charge is 0.312 e. The summed E-state index contributed by atoms with van der Waals surface area (Å²) in [4.78, 5) is 5.43. The van der Waals surface area contributed by atoms with E-state index in [2.05, 4.69) is 35.9 Å². The van der Waals surface area contributed by atoms with E-state index in [1.54, 1.807) is 0 Å². The fraction of sp³-hybridized carbons (Fsp3) is 1.00. The van der Waals surface area contributed by atoms with Crippen LogP contribution in [0.15, 0.2) is 0 Å². The minimum absolute atomic E-state index is 0.667. The van der Waals surface area contributed by atoms with Crippen molar-refractivity contribution < 1.29 is 0 Å². The average molecular weight is 296 g/mol. The van der Waals surface area contributed by atoms with Crippen LogP contribution in [0, 0.1) is 5.92 Å². The molecule has 2 aliphatic rings. The van der Waals surface area contributed by atoms with Gasteiger partial charge in [0.2, 0.25) is 0 Å². The Labute approximate surface area is 132 Å². The first-order valence-electron chi connectivity index (χ1n) is 9.44. The second kappa shape index (κ2) is 9.12. The summed E-state index contributed by atoms with van der Waals surface area (Å²) in [6, 6.07) is 1.36. The molecule has 3 nitrogen and oxygen atoms in total. The van der Waals surface area contributed by atoms with Crippen LogP contribution in [-0.2, 0) is 0 Å². The van der Waals surface area contributed by atoms with Gasteiger partial charge in [-0.3, -0.25) is 4.90 Å². The van der Waals surface area contributed by atoms with Gasteiger partial charge >= 0.3 is 0 Å². The molecule has 0 aromatic carbocycles. The Hall–Kier alpha value is -0.120. The highest BCUT2D eigenvalue weighted by molar-refractivity contribution is 4.85. The minimum Gasteiger partial charge on any atom is -0.312 e. The molecular weight excluding hydrogens is 258 g/mol. The van der Waals surface area contributed by atoms with E-state index in [4.69, 9.17) is 0 Å². The van der Waals surface area contributed by atoms with Crippen molar-refractivity contribution in [1.29, 1.82) is 0 Å². The standard InChI is InChI=1S/C18H37N3/c1-4-10-19-18(5-2)16(3)21-13-8-17(9-14-21)15-20-11-6-7-12-20/h16-19H,4-15H2,1-3H3. The molecule has 2 atom stereocenters. The number of piperidine rings is 1. The summed E-state index contributed by atoms with van der Waals surface area (Å²) >= 11 is 0. The summed E-state index contributed by atoms with van der Waals surface area (Å²) in [5, 5.41) is 3.74. The molecule has 0 aromatic heterocycles. The van der Waals surface area contributed by atoms with Gasteiger partial charge in [0.05, 0.1) is 0 Å². The molecule has 2 fully saturated rings. The maximum atomic E-state index is 3.74.